The molecule has 0 radical (unpaired) electrons. The molecule has 0 aromatic heterocycles. The topological polar surface area (TPSA) is 109 Å². The van der Waals surface area contributed by atoms with Crippen molar-refractivity contribution in [2.24, 2.45) is 0 Å². The van der Waals surface area contributed by atoms with Crippen molar-refractivity contribution in [3.05, 3.63) is 93.5 Å². The molecule has 37 heavy (non-hydrogen) atoms. The van der Waals surface area contributed by atoms with Crippen molar-refractivity contribution < 1.29 is 34.6 Å². The zero-order valence-electron chi connectivity index (χ0n) is 20.5. The molecule has 1 fully saturated rings. The molecule has 3 aromatic rings. The first-order valence-electron chi connectivity index (χ1n) is 12.4. The lowest BCUT2D eigenvalue weighted by Crippen LogP contribution is -2.55. The Labute approximate surface area is 220 Å². The highest BCUT2D eigenvalue weighted by molar-refractivity contribution is 6.31. The number of halogens is 1. The SMILES string of the molecule is Cc1cccc2c1CC(COc1ccc(Cc3cc([C@@H]4O[C@H](CO)[C@@H](O)[C@H](O)[C@H]4O)ccc3Cl)cc1)O2. The lowest BCUT2D eigenvalue weighted by Gasteiger charge is -2.40. The van der Waals surface area contributed by atoms with Gasteiger partial charge in [-0.15, -0.1) is 0 Å². The van der Waals surface area contributed by atoms with Crippen LogP contribution in [0.2, 0.25) is 5.02 Å². The molecule has 7 nitrogen and oxygen atoms in total. The summed E-state index contributed by atoms with van der Waals surface area (Å²) in [7, 11) is 0. The number of ether oxygens (including phenoxy) is 3. The minimum Gasteiger partial charge on any atom is -0.490 e. The zero-order valence-corrected chi connectivity index (χ0v) is 21.2. The van der Waals surface area contributed by atoms with Crippen LogP contribution >= 0.6 is 11.6 Å². The van der Waals surface area contributed by atoms with Gasteiger partial charge in [-0.1, -0.05) is 48.0 Å². The second kappa shape index (κ2) is 11.0. The van der Waals surface area contributed by atoms with Crippen LogP contribution in [-0.2, 0) is 17.6 Å². The molecular weight excluding hydrogens is 496 g/mol. The van der Waals surface area contributed by atoms with E-state index in [0.717, 1.165) is 29.0 Å². The first-order valence-corrected chi connectivity index (χ1v) is 12.8. The predicted molar refractivity (Wildman–Crippen MR) is 138 cm³/mol. The number of hydrogen-bond acceptors (Lipinski definition) is 7. The Balaban J connectivity index is 1.22. The normalized spacial score (nSPS) is 27.0. The molecule has 6 atom stereocenters. The number of hydrogen-bond donors (Lipinski definition) is 4. The number of aliphatic hydroxyl groups is 4. The largest absolute Gasteiger partial charge is 0.490 e. The van der Waals surface area contributed by atoms with Crippen LogP contribution in [0.1, 0.15) is 33.9 Å². The highest BCUT2D eigenvalue weighted by atomic mass is 35.5. The summed E-state index contributed by atoms with van der Waals surface area (Å²) in [5.74, 6) is 1.69. The summed E-state index contributed by atoms with van der Waals surface area (Å²) < 4.78 is 17.7. The van der Waals surface area contributed by atoms with Crippen LogP contribution in [0.4, 0.5) is 0 Å². The van der Waals surface area contributed by atoms with Crippen molar-refractivity contribution in [1.82, 2.24) is 0 Å². The van der Waals surface area contributed by atoms with Gasteiger partial charge < -0.3 is 34.6 Å². The van der Waals surface area contributed by atoms with Gasteiger partial charge in [0.2, 0.25) is 0 Å². The maximum absolute atomic E-state index is 10.5. The van der Waals surface area contributed by atoms with E-state index >= 15 is 0 Å². The van der Waals surface area contributed by atoms with Gasteiger partial charge in [-0.2, -0.15) is 0 Å². The molecule has 2 aliphatic rings. The molecule has 0 amide bonds. The van der Waals surface area contributed by atoms with E-state index < -0.39 is 37.1 Å². The number of benzene rings is 3. The Morgan fingerprint density at radius 3 is 2.49 bits per heavy atom. The number of rotatable bonds is 7. The Hall–Kier alpha value is -2.65. The van der Waals surface area contributed by atoms with E-state index in [1.54, 1.807) is 12.1 Å². The Kier molecular flexibility index (Phi) is 7.72. The van der Waals surface area contributed by atoms with Gasteiger partial charge in [0.15, 0.2) is 0 Å². The van der Waals surface area contributed by atoms with Crippen molar-refractivity contribution in [2.45, 2.75) is 56.4 Å². The third-order valence-electron chi connectivity index (χ3n) is 7.14. The summed E-state index contributed by atoms with van der Waals surface area (Å²) in [4.78, 5) is 0. The lowest BCUT2D eigenvalue weighted by atomic mass is 9.90. The fourth-order valence-corrected chi connectivity index (χ4v) is 5.17. The smallest absolute Gasteiger partial charge is 0.137 e. The fraction of sp³-hybridized carbons (Fsp3) is 0.379. The highest BCUT2D eigenvalue weighted by Gasteiger charge is 2.44. The maximum Gasteiger partial charge on any atom is 0.137 e. The van der Waals surface area contributed by atoms with Crippen LogP contribution in [0.25, 0.3) is 0 Å². The molecule has 2 heterocycles. The molecule has 2 aliphatic heterocycles. The van der Waals surface area contributed by atoms with Gasteiger partial charge in [-0.05, 0) is 59.9 Å². The molecule has 0 bridgehead atoms. The van der Waals surface area contributed by atoms with Gasteiger partial charge in [0.1, 0.15) is 54.7 Å². The Morgan fingerprint density at radius 2 is 1.76 bits per heavy atom. The average molecular weight is 527 g/mol. The fourth-order valence-electron chi connectivity index (χ4n) is 4.99. The van der Waals surface area contributed by atoms with Crippen LogP contribution < -0.4 is 9.47 Å². The standard InChI is InChI=1S/C29H31ClO7/c1-16-3-2-4-24-22(16)13-21(36-24)15-35-20-8-5-17(6-9-20)11-19-12-18(7-10-23(19)30)29-28(34)27(33)26(32)25(14-31)37-29/h2-10,12,21,25-29,31-34H,11,13-15H2,1H3/t21?,25-,26-,27+,28-,29+/m1/s1. The van der Waals surface area contributed by atoms with E-state index in [9.17, 15) is 20.4 Å². The van der Waals surface area contributed by atoms with E-state index in [4.69, 9.17) is 25.8 Å². The molecule has 1 unspecified atom stereocenters. The van der Waals surface area contributed by atoms with Crippen LogP contribution in [0, 0.1) is 6.92 Å². The lowest BCUT2D eigenvalue weighted by molar-refractivity contribution is -0.231. The first-order chi connectivity index (χ1) is 17.8. The minimum atomic E-state index is -1.43. The number of fused-ring (bicyclic) bond motifs is 1. The molecule has 196 valence electrons. The summed E-state index contributed by atoms with van der Waals surface area (Å²) >= 11 is 6.46. The van der Waals surface area contributed by atoms with Gasteiger partial charge in [-0.25, -0.2) is 0 Å². The van der Waals surface area contributed by atoms with Gasteiger partial charge in [0.05, 0.1) is 6.61 Å². The Morgan fingerprint density at radius 1 is 0.973 bits per heavy atom. The second-order valence-electron chi connectivity index (χ2n) is 9.73. The van der Waals surface area contributed by atoms with Crippen LogP contribution in [0.15, 0.2) is 60.7 Å². The second-order valence-corrected chi connectivity index (χ2v) is 10.1. The number of aryl methyl sites for hydroxylation is 1. The first kappa shape index (κ1) is 26.0. The zero-order chi connectivity index (χ0) is 26.1. The van der Waals surface area contributed by atoms with E-state index in [-0.39, 0.29) is 6.10 Å². The molecule has 4 N–H and O–H groups in total. The van der Waals surface area contributed by atoms with Crippen molar-refractivity contribution in [2.75, 3.05) is 13.2 Å². The third kappa shape index (κ3) is 5.48. The van der Waals surface area contributed by atoms with E-state index in [1.165, 1.54) is 11.1 Å². The van der Waals surface area contributed by atoms with Crippen LogP contribution in [-0.4, -0.2) is 64.2 Å². The summed E-state index contributed by atoms with van der Waals surface area (Å²) in [5.41, 5.74) is 4.91. The molecule has 8 heteroatoms. The van der Waals surface area contributed by atoms with Crippen LogP contribution in [0.5, 0.6) is 11.5 Å². The molecule has 0 spiro atoms. The molecule has 5 rings (SSSR count). The van der Waals surface area contributed by atoms with Gasteiger partial charge in [0, 0.05) is 17.0 Å². The highest BCUT2D eigenvalue weighted by Crippen LogP contribution is 2.35. The maximum atomic E-state index is 10.5. The molecular formula is C29H31ClO7. The van der Waals surface area contributed by atoms with Gasteiger partial charge >= 0.3 is 0 Å². The van der Waals surface area contributed by atoms with Gasteiger partial charge in [0.25, 0.3) is 0 Å². The summed E-state index contributed by atoms with van der Waals surface area (Å²) in [6.45, 7) is 2.08. The van der Waals surface area contributed by atoms with Crippen molar-refractivity contribution in [1.29, 1.82) is 0 Å². The predicted octanol–water partition coefficient (Wildman–Crippen LogP) is 3.14. The molecule has 3 aromatic carbocycles. The minimum absolute atomic E-state index is 0.0141. The molecule has 1 saturated heterocycles. The average Bonchev–Trinajstić information content (AvgIpc) is 3.33. The molecule has 0 saturated carbocycles. The third-order valence-corrected chi connectivity index (χ3v) is 7.51. The van der Waals surface area contributed by atoms with E-state index in [1.807, 2.05) is 42.5 Å². The van der Waals surface area contributed by atoms with Crippen molar-refractivity contribution >= 4 is 11.6 Å². The van der Waals surface area contributed by atoms with Crippen molar-refractivity contribution in [3.63, 3.8) is 0 Å². The van der Waals surface area contributed by atoms with E-state index in [2.05, 4.69) is 13.0 Å². The summed E-state index contributed by atoms with van der Waals surface area (Å²) in [6.07, 6.45) is -4.70. The van der Waals surface area contributed by atoms with Crippen molar-refractivity contribution in [3.8, 4) is 11.5 Å². The summed E-state index contributed by atoms with van der Waals surface area (Å²) in [5, 5.41) is 40.7. The monoisotopic (exact) mass is 526 g/mol. The summed E-state index contributed by atoms with van der Waals surface area (Å²) in [6, 6.07) is 19.1. The van der Waals surface area contributed by atoms with Crippen LogP contribution in [0.3, 0.4) is 0 Å². The molecule has 0 aliphatic carbocycles. The van der Waals surface area contributed by atoms with E-state index in [0.29, 0.717) is 23.6 Å². The Bertz CT molecular complexity index is 1230. The van der Waals surface area contributed by atoms with Gasteiger partial charge in [-0.3, -0.25) is 0 Å². The number of aliphatic hydroxyl groups excluding tert-OH is 4. The quantitative estimate of drug-likeness (QED) is 0.374.